The smallest absolute Gasteiger partial charge is 0.315 e. The summed E-state index contributed by atoms with van der Waals surface area (Å²) in [6.45, 7) is 4.18. The van der Waals surface area contributed by atoms with Crippen molar-refractivity contribution >= 4 is 74.1 Å². The van der Waals surface area contributed by atoms with Gasteiger partial charge in [-0.15, -0.1) is 0 Å². The van der Waals surface area contributed by atoms with Gasteiger partial charge in [0.1, 0.15) is 66.1 Å². The van der Waals surface area contributed by atoms with Gasteiger partial charge in [-0.05, 0) is 50.2 Å². The number of allylic oxidation sites excluding steroid dienone is 2. The van der Waals surface area contributed by atoms with Crippen LogP contribution in [0.25, 0.3) is 33.0 Å². The first-order valence-corrected chi connectivity index (χ1v) is 28.4. The molecule has 0 radical (unpaired) electrons. The average Bonchev–Trinajstić information content (AvgIpc) is 4.43. The maximum absolute atomic E-state index is 13.8. The Morgan fingerprint density at radius 3 is 1.86 bits per heavy atom. The van der Waals surface area contributed by atoms with E-state index in [9.17, 15) is 24.0 Å². The highest BCUT2D eigenvalue weighted by Gasteiger charge is 2.43. The molecule has 4 N–H and O–H groups in total. The van der Waals surface area contributed by atoms with E-state index in [1.165, 1.54) is 0 Å². The van der Waals surface area contributed by atoms with Crippen LogP contribution in [0.5, 0.6) is 0 Å². The van der Waals surface area contributed by atoms with Crippen LogP contribution >= 0.6 is 11.8 Å². The molecule has 8 rings (SSSR count). The number of unbranched alkanes of at least 4 members (excludes halogenated alkanes) is 1. The number of Topliss-reactive ketones (excluding diaryl/α,β-unsaturated/α-hetero) is 2. The third-order valence-electron chi connectivity index (χ3n) is 13.9. The number of aromatic nitrogens is 2. The predicted molar refractivity (Wildman–Crippen MR) is 288 cm³/mol. The zero-order valence-corrected chi connectivity index (χ0v) is 45.7. The Bertz CT molecular complexity index is 2660. The second kappa shape index (κ2) is 32.2. The Hall–Kier alpha value is -5.32. The Balaban J connectivity index is 0.552. The highest BCUT2D eigenvalue weighted by atomic mass is 32.2. The fourth-order valence-corrected chi connectivity index (χ4v) is 11.8. The number of carbonyl (C=O) groups excluding carboxylic acids is 5. The Morgan fingerprint density at radius 2 is 1.19 bits per heavy atom. The van der Waals surface area contributed by atoms with Crippen LogP contribution in [0.3, 0.4) is 0 Å². The topological polar surface area (TPSA) is 254 Å². The Morgan fingerprint density at radius 1 is 0.620 bits per heavy atom. The molecule has 1 aliphatic carbocycles. The van der Waals surface area contributed by atoms with Gasteiger partial charge in [-0.1, -0.05) is 42.8 Å². The van der Waals surface area contributed by atoms with Crippen molar-refractivity contribution in [3.8, 4) is 0 Å². The van der Waals surface area contributed by atoms with Crippen molar-refractivity contribution in [1.82, 2.24) is 30.4 Å². The lowest BCUT2D eigenvalue weighted by Crippen LogP contribution is -2.36. The molecule has 5 heterocycles. The summed E-state index contributed by atoms with van der Waals surface area (Å²) in [6, 6.07) is 16.4. The van der Waals surface area contributed by atoms with Gasteiger partial charge in [0.25, 0.3) is 0 Å². The van der Waals surface area contributed by atoms with Gasteiger partial charge in [0.15, 0.2) is 11.6 Å². The average molecular weight is 1120 g/mol. The summed E-state index contributed by atoms with van der Waals surface area (Å²) in [5.74, 6) is 0.832. The standard InChI is InChI=1S/C55H74N6O17S/c1-60-36-41(39-8-2-4-10-43(39)60)52-46(62)35-47(63)53(52)51-40-9-3-5-11-44(40)61-19-15-38(34-45(51)61)14-17-56-50(65)16-20-67-22-24-69-71-26-28-73-75-30-32-77-78-33-31-76-74-29-27-72-70-25-23-68-21-18-57-49(64)13-7-6-12-48-54-42(37-79-48)58-55(66)59-54/h2-5,8-11,36,38,42,48,54H,6-7,12-35,37H2,1H3,(H,56,65)(H,57,64)(H2,58,59,66). The number of carbonyl (C=O) groups is 5. The molecule has 3 aliphatic heterocycles. The zero-order valence-electron chi connectivity index (χ0n) is 44.8. The molecule has 4 unspecified atom stereocenters. The van der Waals surface area contributed by atoms with Gasteiger partial charge in [0, 0.05) is 106 Å². The summed E-state index contributed by atoms with van der Waals surface area (Å²) in [4.78, 5) is 114. The van der Waals surface area contributed by atoms with Gasteiger partial charge in [-0.2, -0.15) is 11.8 Å². The first-order valence-electron chi connectivity index (χ1n) is 27.3. The highest BCUT2D eigenvalue weighted by molar-refractivity contribution is 8.00. The van der Waals surface area contributed by atoms with E-state index in [4.69, 9.17) is 58.3 Å². The van der Waals surface area contributed by atoms with Gasteiger partial charge >= 0.3 is 6.03 Å². The minimum absolute atomic E-state index is 0.00214. The van der Waals surface area contributed by atoms with Crippen molar-refractivity contribution in [2.24, 2.45) is 13.0 Å². The quantitative estimate of drug-likeness (QED) is 0.0156. The molecule has 4 atom stereocenters. The first-order chi connectivity index (χ1) is 38.8. The molecule has 4 aromatic rings. The summed E-state index contributed by atoms with van der Waals surface area (Å²) in [5.41, 5.74) is 5.83. The van der Waals surface area contributed by atoms with Gasteiger partial charge < -0.3 is 39.9 Å². The molecule has 79 heavy (non-hydrogen) atoms. The molecule has 2 fully saturated rings. The van der Waals surface area contributed by atoms with E-state index < -0.39 is 0 Å². The monoisotopic (exact) mass is 1120 g/mol. The largest absolute Gasteiger partial charge is 0.378 e. The van der Waals surface area contributed by atoms with E-state index >= 15 is 0 Å². The van der Waals surface area contributed by atoms with Gasteiger partial charge in [0.05, 0.1) is 44.9 Å². The Kier molecular flexibility index (Phi) is 24.4. The number of aryl methyl sites for hydroxylation is 2. The number of urea groups is 1. The number of fused-ring (bicyclic) bond motifs is 5. The second-order valence-electron chi connectivity index (χ2n) is 19.3. The van der Waals surface area contributed by atoms with Crippen molar-refractivity contribution in [3.05, 3.63) is 71.5 Å². The number of ketones is 2. The molecule has 2 aromatic heterocycles. The molecule has 23 nitrogen and oxygen atoms in total. The number of nitrogens with one attached hydrogen (secondary N) is 4. The molecule has 0 saturated carbocycles. The van der Waals surface area contributed by atoms with Crippen molar-refractivity contribution in [1.29, 1.82) is 0 Å². The van der Waals surface area contributed by atoms with Crippen molar-refractivity contribution < 1.29 is 82.3 Å². The fraction of sp³-hybridized carbons (Fsp3) is 0.582. The number of ether oxygens (including phenoxy) is 2. The number of hydrogen-bond acceptors (Lipinski definition) is 18. The number of rotatable bonds is 39. The van der Waals surface area contributed by atoms with Crippen molar-refractivity contribution in [2.45, 2.75) is 81.7 Å². The van der Waals surface area contributed by atoms with Crippen LogP contribution in [-0.2, 0) is 97.5 Å². The number of amides is 4. The third-order valence-corrected chi connectivity index (χ3v) is 15.4. The number of benzene rings is 2. The molecule has 2 saturated heterocycles. The summed E-state index contributed by atoms with van der Waals surface area (Å²) in [7, 11) is 1.96. The molecule has 4 amide bonds. The van der Waals surface area contributed by atoms with Crippen LogP contribution in [-0.4, -0.2) is 167 Å². The van der Waals surface area contributed by atoms with Crippen LogP contribution in [0.1, 0.15) is 68.2 Å². The van der Waals surface area contributed by atoms with Crippen LogP contribution in [0.4, 0.5) is 4.79 Å². The van der Waals surface area contributed by atoms with E-state index in [0.717, 1.165) is 89.4 Å². The number of thioether (sulfide) groups is 1. The van der Waals surface area contributed by atoms with Crippen LogP contribution in [0, 0.1) is 5.92 Å². The molecular formula is C55H74N6O17S. The van der Waals surface area contributed by atoms with Crippen LogP contribution in [0.2, 0.25) is 0 Å². The maximum Gasteiger partial charge on any atom is 0.315 e. The minimum atomic E-state index is -0.144. The lowest BCUT2D eigenvalue weighted by molar-refractivity contribution is -0.372. The van der Waals surface area contributed by atoms with E-state index in [0.29, 0.717) is 49.1 Å². The van der Waals surface area contributed by atoms with Crippen LogP contribution in [0.15, 0.2) is 54.7 Å². The third kappa shape index (κ3) is 17.6. The number of hydrogen-bond donors (Lipinski definition) is 4. The molecule has 0 spiro atoms. The summed E-state index contributed by atoms with van der Waals surface area (Å²) in [6.07, 6.45) is 7.67. The SMILES string of the molecule is Cn1cc(C2=C(c3c4n(c5ccccc35)CCC(CCNC(=O)CCOCCOOCCOOCCOOCCOOCCOOCCOCCNC(=O)CCCCC3SCC5NC(=O)NC53)C4)C(=O)CC2=O)c2ccccc21. The molecule has 24 heteroatoms. The maximum atomic E-state index is 13.8. The van der Waals surface area contributed by atoms with Gasteiger partial charge in [0.2, 0.25) is 11.8 Å². The van der Waals surface area contributed by atoms with Gasteiger partial charge in [-0.3, -0.25) is 19.2 Å². The van der Waals surface area contributed by atoms with E-state index in [1.54, 1.807) is 0 Å². The molecular weight excluding hydrogens is 1050 g/mol. The highest BCUT2D eigenvalue weighted by Crippen LogP contribution is 2.45. The summed E-state index contributed by atoms with van der Waals surface area (Å²) >= 11 is 1.88. The molecule has 2 aromatic carbocycles. The predicted octanol–water partition coefficient (Wildman–Crippen LogP) is 4.66. The van der Waals surface area contributed by atoms with E-state index in [1.807, 2.05) is 66.0 Å². The second-order valence-corrected chi connectivity index (χ2v) is 20.6. The van der Waals surface area contributed by atoms with Crippen molar-refractivity contribution in [2.75, 3.05) is 111 Å². The van der Waals surface area contributed by atoms with E-state index in [2.05, 4.69) is 38.0 Å². The molecule has 0 bridgehead atoms. The zero-order chi connectivity index (χ0) is 55.0. The lowest BCUT2D eigenvalue weighted by Gasteiger charge is -2.26. The van der Waals surface area contributed by atoms with Crippen LogP contribution < -0.4 is 21.3 Å². The van der Waals surface area contributed by atoms with Crippen molar-refractivity contribution in [3.63, 3.8) is 0 Å². The first kappa shape index (κ1) is 59.8. The summed E-state index contributed by atoms with van der Waals surface area (Å²) in [5, 5.41) is 14.2. The number of nitrogens with zero attached hydrogens (tertiary/aromatic N) is 2. The van der Waals surface area contributed by atoms with E-state index in [-0.39, 0.29) is 140 Å². The lowest BCUT2D eigenvalue weighted by atomic mass is 9.87. The summed E-state index contributed by atoms with van der Waals surface area (Å²) < 4.78 is 15.3. The minimum Gasteiger partial charge on any atom is -0.378 e. The molecule has 4 aliphatic rings. The molecule has 432 valence electrons. The van der Waals surface area contributed by atoms with Gasteiger partial charge in [-0.25, -0.2) is 53.7 Å². The Labute approximate surface area is 462 Å². The fourth-order valence-electron chi connectivity index (χ4n) is 10.3. The number of para-hydroxylation sites is 2. The normalized spacial score (nSPS) is 18.9.